The number of benzene rings is 1. The lowest BCUT2D eigenvalue weighted by Crippen LogP contribution is -2.31. The first-order valence-corrected chi connectivity index (χ1v) is 7.35. The molecule has 24 heavy (non-hydrogen) atoms. The molecular weight excluding hydrogens is 394 g/mol. The van der Waals surface area contributed by atoms with Crippen LogP contribution in [0.15, 0.2) is 35.3 Å². The number of rotatable bonds is 3. The Morgan fingerprint density at radius 3 is 2.29 bits per heavy atom. The molecule has 1 aromatic carbocycles. The number of nitrogens with zero attached hydrogens (tertiary/aromatic N) is 1. The number of esters is 1. The number of pyridine rings is 1. The molecule has 0 N–H and O–H groups in total. The zero-order valence-corrected chi connectivity index (χ0v) is 13.8. The van der Waals surface area contributed by atoms with Gasteiger partial charge in [0, 0.05) is 11.2 Å². The van der Waals surface area contributed by atoms with E-state index in [-0.39, 0.29) is 20.8 Å². The number of ether oxygens (including phenoxy) is 1. The third-order valence-corrected chi connectivity index (χ3v) is 3.58. The first-order chi connectivity index (χ1) is 11.1. The summed E-state index contributed by atoms with van der Waals surface area (Å²) < 4.78 is 43.5. The summed E-state index contributed by atoms with van der Waals surface area (Å²) in [5.41, 5.74) is -2.75. The van der Waals surface area contributed by atoms with Gasteiger partial charge in [0.05, 0.1) is 10.0 Å². The lowest BCUT2D eigenvalue weighted by atomic mass is 10.2. The van der Waals surface area contributed by atoms with Gasteiger partial charge < -0.3 is 9.30 Å². The van der Waals surface area contributed by atoms with Gasteiger partial charge in [-0.2, -0.15) is 13.2 Å². The number of carbonyl (C=O) groups is 1. The smallest absolute Gasteiger partial charge is 0.421 e. The van der Waals surface area contributed by atoms with Gasteiger partial charge in [-0.05, 0) is 24.3 Å². The van der Waals surface area contributed by atoms with E-state index in [1.807, 2.05) is 0 Å². The number of hydrogen-bond acceptors (Lipinski definition) is 3. The zero-order chi connectivity index (χ0) is 18.1. The Labute approximate surface area is 148 Å². The van der Waals surface area contributed by atoms with E-state index >= 15 is 0 Å². The number of aromatic nitrogens is 1. The predicted molar refractivity (Wildman–Crippen MR) is 82.8 cm³/mol. The minimum Gasteiger partial charge on any atom is -0.422 e. The largest absolute Gasteiger partial charge is 0.422 e. The van der Waals surface area contributed by atoms with Crippen molar-refractivity contribution in [3.8, 4) is 5.75 Å². The molecule has 0 spiro atoms. The van der Waals surface area contributed by atoms with Crippen molar-refractivity contribution in [3.63, 3.8) is 0 Å². The second-order valence-corrected chi connectivity index (χ2v) is 5.78. The molecule has 0 aliphatic rings. The second-order valence-electron chi connectivity index (χ2n) is 4.53. The highest BCUT2D eigenvalue weighted by atomic mass is 35.5. The lowest BCUT2D eigenvalue weighted by molar-refractivity contribution is -0.140. The van der Waals surface area contributed by atoms with Crippen LogP contribution in [-0.4, -0.2) is 10.5 Å². The lowest BCUT2D eigenvalue weighted by Gasteiger charge is -2.11. The number of alkyl halides is 3. The van der Waals surface area contributed by atoms with Crippen molar-refractivity contribution < 1.29 is 22.7 Å². The SMILES string of the molecule is O=C(Cn1cccc(C(F)(F)F)c1=O)Oc1c(Cl)cc(Cl)cc1Cl. The van der Waals surface area contributed by atoms with Crippen molar-refractivity contribution in [2.45, 2.75) is 12.7 Å². The molecule has 10 heteroatoms. The highest BCUT2D eigenvalue weighted by molar-refractivity contribution is 6.40. The van der Waals surface area contributed by atoms with E-state index in [0.29, 0.717) is 10.6 Å². The van der Waals surface area contributed by atoms with Gasteiger partial charge >= 0.3 is 12.1 Å². The Morgan fingerprint density at radius 2 is 1.75 bits per heavy atom. The first-order valence-electron chi connectivity index (χ1n) is 6.21. The Hall–Kier alpha value is -1.70. The molecule has 0 fully saturated rings. The Bertz CT molecular complexity index is 826. The van der Waals surface area contributed by atoms with Crippen LogP contribution in [0.5, 0.6) is 5.75 Å². The van der Waals surface area contributed by atoms with Gasteiger partial charge in [-0.1, -0.05) is 34.8 Å². The van der Waals surface area contributed by atoms with Crippen molar-refractivity contribution in [1.82, 2.24) is 4.57 Å². The van der Waals surface area contributed by atoms with Gasteiger partial charge in [-0.3, -0.25) is 4.79 Å². The summed E-state index contributed by atoms with van der Waals surface area (Å²) in [5, 5.41) is 0.0911. The average molecular weight is 401 g/mol. The fourth-order valence-electron chi connectivity index (χ4n) is 1.79. The maximum atomic E-state index is 12.7. The van der Waals surface area contributed by atoms with E-state index in [2.05, 4.69) is 0 Å². The van der Waals surface area contributed by atoms with E-state index in [1.54, 1.807) is 0 Å². The number of halogens is 6. The summed E-state index contributed by atoms with van der Waals surface area (Å²) in [5.74, 6) is -1.23. The molecule has 0 aliphatic carbocycles. The molecule has 0 amide bonds. The monoisotopic (exact) mass is 399 g/mol. The van der Waals surface area contributed by atoms with Crippen LogP contribution in [0.2, 0.25) is 15.1 Å². The summed E-state index contributed by atoms with van der Waals surface area (Å²) >= 11 is 17.4. The Balaban J connectivity index is 2.25. The van der Waals surface area contributed by atoms with Gasteiger partial charge in [0.1, 0.15) is 12.1 Å². The van der Waals surface area contributed by atoms with E-state index in [9.17, 15) is 22.8 Å². The molecular formula is C14H7Cl3F3NO3. The van der Waals surface area contributed by atoms with Gasteiger partial charge in [0.25, 0.3) is 5.56 Å². The molecule has 128 valence electrons. The summed E-state index contributed by atoms with van der Waals surface area (Å²) in [6.45, 7) is -0.752. The zero-order valence-electron chi connectivity index (χ0n) is 11.5. The van der Waals surface area contributed by atoms with Crippen molar-refractivity contribution in [2.75, 3.05) is 0 Å². The molecule has 0 saturated carbocycles. The molecule has 0 saturated heterocycles. The van der Waals surface area contributed by atoms with Gasteiger partial charge in [0.15, 0.2) is 5.75 Å². The second kappa shape index (κ2) is 7.04. The quantitative estimate of drug-likeness (QED) is 0.566. The third-order valence-electron chi connectivity index (χ3n) is 2.80. The minimum absolute atomic E-state index is 0.0581. The fraction of sp³-hybridized carbons (Fsp3) is 0.143. The average Bonchev–Trinajstić information content (AvgIpc) is 2.44. The molecule has 2 rings (SSSR count). The van der Waals surface area contributed by atoms with Crippen LogP contribution in [0.1, 0.15) is 5.56 Å². The van der Waals surface area contributed by atoms with Crippen LogP contribution in [0.4, 0.5) is 13.2 Å². The molecule has 0 unspecified atom stereocenters. The Kier molecular flexibility index (Phi) is 5.47. The number of carbonyl (C=O) groups excluding carboxylic acids is 1. The summed E-state index contributed by atoms with van der Waals surface area (Å²) in [7, 11) is 0. The molecule has 2 aromatic rings. The van der Waals surface area contributed by atoms with Crippen LogP contribution in [0.25, 0.3) is 0 Å². The van der Waals surface area contributed by atoms with Crippen molar-refractivity contribution in [2.24, 2.45) is 0 Å². The van der Waals surface area contributed by atoms with Crippen LogP contribution < -0.4 is 10.3 Å². The van der Waals surface area contributed by atoms with Crippen molar-refractivity contribution in [1.29, 1.82) is 0 Å². The van der Waals surface area contributed by atoms with E-state index in [4.69, 9.17) is 39.5 Å². The topological polar surface area (TPSA) is 48.3 Å². The van der Waals surface area contributed by atoms with E-state index in [0.717, 1.165) is 12.3 Å². The summed E-state index contributed by atoms with van der Waals surface area (Å²) in [4.78, 5) is 23.6. The van der Waals surface area contributed by atoms with E-state index in [1.165, 1.54) is 12.1 Å². The Morgan fingerprint density at radius 1 is 1.17 bits per heavy atom. The molecule has 1 aromatic heterocycles. The van der Waals surface area contributed by atoms with Gasteiger partial charge in [-0.25, -0.2) is 4.79 Å². The molecule has 0 radical (unpaired) electrons. The molecule has 4 nitrogen and oxygen atoms in total. The highest BCUT2D eigenvalue weighted by Gasteiger charge is 2.34. The highest BCUT2D eigenvalue weighted by Crippen LogP contribution is 2.35. The normalized spacial score (nSPS) is 11.4. The molecule has 0 bridgehead atoms. The maximum Gasteiger partial charge on any atom is 0.421 e. The van der Waals surface area contributed by atoms with Crippen LogP contribution in [-0.2, 0) is 17.5 Å². The van der Waals surface area contributed by atoms with Crippen molar-refractivity contribution in [3.05, 3.63) is 61.4 Å². The minimum atomic E-state index is -4.83. The van der Waals surface area contributed by atoms with E-state index < -0.39 is 29.8 Å². The van der Waals surface area contributed by atoms with Crippen LogP contribution in [0, 0.1) is 0 Å². The van der Waals surface area contributed by atoms with Gasteiger partial charge in [0.2, 0.25) is 0 Å². The fourth-order valence-corrected chi connectivity index (χ4v) is 2.68. The van der Waals surface area contributed by atoms with Gasteiger partial charge in [-0.15, -0.1) is 0 Å². The predicted octanol–water partition coefficient (Wildman–Crippen LogP) is 4.43. The van der Waals surface area contributed by atoms with Crippen LogP contribution in [0.3, 0.4) is 0 Å². The summed E-state index contributed by atoms with van der Waals surface area (Å²) in [6.07, 6.45) is -3.79. The maximum absolute atomic E-state index is 12.7. The molecule has 1 heterocycles. The van der Waals surface area contributed by atoms with Crippen molar-refractivity contribution >= 4 is 40.8 Å². The molecule has 0 atom stereocenters. The summed E-state index contributed by atoms with van der Waals surface area (Å²) in [6, 6.07) is 4.17. The number of hydrogen-bond donors (Lipinski definition) is 0. The third kappa shape index (κ3) is 4.23. The standard InChI is InChI=1S/C14H7Cl3F3NO3/c15-7-4-9(16)12(10(17)5-7)24-11(22)6-21-3-1-2-8(13(21)23)14(18,19)20/h1-5H,6H2. The first kappa shape index (κ1) is 18.6. The molecule has 0 aliphatic heterocycles. The van der Waals surface area contributed by atoms with Crippen LogP contribution >= 0.6 is 34.8 Å².